The summed E-state index contributed by atoms with van der Waals surface area (Å²) in [5, 5.41) is 9.89. The van der Waals surface area contributed by atoms with E-state index in [1.165, 1.54) is 6.07 Å². The lowest BCUT2D eigenvalue weighted by Crippen LogP contribution is -2.05. The van der Waals surface area contributed by atoms with Crippen molar-refractivity contribution in [3.63, 3.8) is 0 Å². The number of benzene rings is 2. The first-order valence-corrected chi connectivity index (χ1v) is 7.47. The highest BCUT2D eigenvalue weighted by molar-refractivity contribution is 9.10. The van der Waals surface area contributed by atoms with E-state index < -0.39 is 5.97 Å². The van der Waals surface area contributed by atoms with Gasteiger partial charge in [-0.1, -0.05) is 39.7 Å². The molecule has 0 aliphatic heterocycles. The second kappa shape index (κ2) is 6.50. The zero-order chi connectivity index (χ0) is 15.6. The summed E-state index contributed by atoms with van der Waals surface area (Å²) in [5.74, 6) is -0.660. The van der Waals surface area contributed by atoms with Crippen LogP contribution in [0.15, 0.2) is 34.8 Å². The SMILES string of the molecule is Cc1ccc(COc2c(C)cc(Br)cc2C(=O)O)c(Cl)c1. The molecular weight excluding hydrogens is 356 g/mol. The summed E-state index contributed by atoms with van der Waals surface area (Å²) in [6.07, 6.45) is 0. The summed E-state index contributed by atoms with van der Waals surface area (Å²) in [4.78, 5) is 11.3. The lowest BCUT2D eigenvalue weighted by molar-refractivity contribution is 0.0691. The predicted molar refractivity (Wildman–Crippen MR) is 86.4 cm³/mol. The Morgan fingerprint density at radius 3 is 2.62 bits per heavy atom. The zero-order valence-electron chi connectivity index (χ0n) is 11.6. The first-order valence-electron chi connectivity index (χ1n) is 6.29. The Balaban J connectivity index is 2.29. The number of carboxylic acid groups (broad SMARTS) is 1. The number of rotatable bonds is 4. The number of hydrogen-bond donors (Lipinski definition) is 1. The molecule has 0 saturated heterocycles. The van der Waals surface area contributed by atoms with Gasteiger partial charge in [-0.15, -0.1) is 0 Å². The van der Waals surface area contributed by atoms with Gasteiger partial charge in [-0.3, -0.25) is 0 Å². The molecule has 2 rings (SSSR count). The van der Waals surface area contributed by atoms with Crippen molar-refractivity contribution >= 4 is 33.5 Å². The maximum atomic E-state index is 11.3. The van der Waals surface area contributed by atoms with Crippen molar-refractivity contribution in [2.24, 2.45) is 0 Å². The Morgan fingerprint density at radius 1 is 1.29 bits per heavy atom. The molecule has 0 fully saturated rings. The minimum Gasteiger partial charge on any atom is -0.488 e. The Hall–Kier alpha value is -1.52. The van der Waals surface area contributed by atoms with Crippen LogP contribution >= 0.6 is 27.5 Å². The molecule has 0 unspecified atom stereocenters. The molecule has 2 aromatic carbocycles. The fourth-order valence-corrected chi connectivity index (χ4v) is 2.86. The van der Waals surface area contributed by atoms with Crippen LogP contribution in [0.4, 0.5) is 0 Å². The number of carboxylic acids is 1. The topological polar surface area (TPSA) is 46.5 Å². The van der Waals surface area contributed by atoms with E-state index in [0.717, 1.165) is 16.7 Å². The van der Waals surface area contributed by atoms with E-state index in [0.29, 0.717) is 15.2 Å². The molecule has 0 aliphatic carbocycles. The van der Waals surface area contributed by atoms with Gasteiger partial charge < -0.3 is 9.84 Å². The molecule has 3 nitrogen and oxygen atoms in total. The van der Waals surface area contributed by atoms with Crippen LogP contribution in [0, 0.1) is 13.8 Å². The summed E-state index contributed by atoms with van der Waals surface area (Å²) in [7, 11) is 0. The molecule has 0 radical (unpaired) electrons. The average Bonchev–Trinajstić information content (AvgIpc) is 2.38. The second-order valence-corrected chi connectivity index (χ2v) is 6.11. The van der Waals surface area contributed by atoms with Gasteiger partial charge in [0.2, 0.25) is 0 Å². The summed E-state index contributed by atoms with van der Waals surface area (Å²) in [5.41, 5.74) is 2.77. The molecule has 0 atom stereocenters. The van der Waals surface area contributed by atoms with Crippen molar-refractivity contribution < 1.29 is 14.6 Å². The fourth-order valence-electron chi connectivity index (χ4n) is 2.00. The van der Waals surface area contributed by atoms with Gasteiger partial charge in [0.05, 0.1) is 0 Å². The van der Waals surface area contributed by atoms with Crippen molar-refractivity contribution in [2.45, 2.75) is 20.5 Å². The van der Waals surface area contributed by atoms with E-state index in [1.54, 1.807) is 0 Å². The van der Waals surface area contributed by atoms with Crippen molar-refractivity contribution in [3.05, 3.63) is 62.1 Å². The molecule has 110 valence electrons. The van der Waals surface area contributed by atoms with Crippen LogP contribution in [0.5, 0.6) is 5.75 Å². The molecule has 0 amide bonds. The highest BCUT2D eigenvalue weighted by Crippen LogP contribution is 2.29. The molecule has 1 N–H and O–H groups in total. The van der Waals surface area contributed by atoms with Crippen LogP contribution in [-0.2, 0) is 6.61 Å². The molecule has 0 saturated carbocycles. The highest BCUT2D eigenvalue weighted by atomic mass is 79.9. The molecule has 21 heavy (non-hydrogen) atoms. The maximum Gasteiger partial charge on any atom is 0.339 e. The van der Waals surface area contributed by atoms with Crippen molar-refractivity contribution in [3.8, 4) is 5.75 Å². The van der Waals surface area contributed by atoms with E-state index in [2.05, 4.69) is 15.9 Å². The van der Waals surface area contributed by atoms with Crippen LogP contribution < -0.4 is 4.74 Å². The molecule has 0 bridgehead atoms. The van der Waals surface area contributed by atoms with Crippen LogP contribution in [-0.4, -0.2) is 11.1 Å². The van der Waals surface area contributed by atoms with Gasteiger partial charge in [-0.25, -0.2) is 4.79 Å². The third-order valence-corrected chi connectivity index (χ3v) is 3.86. The Morgan fingerprint density at radius 2 is 2.00 bits per heavy atom. The number of aromatic carboxylic acids is 1. The quantitative estimate of drug-likeness (QED) is 0.825. The van der Waals surface area contributed by atoms with Crippen LogP contribution in [0.3, 0.4) is 0 Å². The number of hydrogen-bond acceptors (Lipinski definition) is 2. The van der Waals surface area contributed by atoms with E-state index >= 15 is 0 Å². The number of halogens is 2. The Bertz CT molecular complexity index is 698. The Kier molecular flexibility index (Phi) is 4.91. The van der Waals surface area contributed by atoms with E-state index in [9.17, 15) is 9.90 Å². The van der Waals surface area contributed by atoms with Gasteiger partial charge in [-0.2, -0.15) is 0 Å². The minimum absolute atomic E-state index is 0.130. The van der Waals surface area contributed by atoms with Gasteiger partial charge in [-0.05, 0) is 43.2 Å². The fraction of sp³-hybridized carbons (Fsp3) is 0.188. The van der Waals surface area contributed by atoms with Crippen LogP contribution in [0.2, 0.25) is 5.02 Å². The summed E-state index contributed by atoms with van der Waals surface area (Å²) in [6.45, 7) is 3.99. The van der Waals surface area contributed by atoms with Crippen molar-refractivity contribution in [1.82, 2.24) is 0 Å². The lowest BCUT2D eigenvalue weighted by Gasteiger charge is -2.13. The van der Waals surface area contributed by atoms with Gasteiger partial charge >= 0.3 is 5.97 Å². The third kappa shape index (κ3) is 3.77. The molecule has 0 aliphatic rings. The Labute approximate surface area is 136 Å². The largest absolute Gasteiger partial charge is 0.488 e. The van der Waals surface area contributed by atoms with Crippen molar-refractivity contribution in [1.29, 1.82) is 0 Å². The van der Waals surface area contributed by atoms with E-state index in [1.807, 2.05) is 38.1 Å². The zero-order valence-corrected chi connectivity index (χ0v) is 14.0. The number of ether oxygens (including phenoxy) is 1. The van der Waals surface area contributed by atoms with Gasteiger partial charge in [0.1, 0.15) is 17.9 Å². The molecular formula is C16H14BrClO3. The highest BCUT2D eigenvalue weighted by Gasteiger charge is 2.15. The normalized spacial score (nSPS) is 10.5. The number of carbonyl (C=O) groups is 1. The molecule has 2 aromatic rings. The van der Waals surface area contributed by atoms with Crippen LogP contribution in [0.25, 0.3) is 0 Å². The first kappa shape index (κ1) is 15.9. The van der Waals surface area contributed by atoms with Crippen molar-refractivity contribution in [2.75, 3.05) is 0 Å². The number of aryl methyl sites for hydroxylation is 2. The van der Waals surface area contributed by atoms with Gasteiger partial charge in [0.25, 0.3) is 0 Å². The molecule has 0 aromatic heterocycles. The smallest absolute Gasteiger partial charge is 0.339 e. The maximum absolute atomic E-state index is 11.3. The molecule has 5 heteroatoms. The minimum atomic E-state index is -1.02. The monoisotopic (exact) mass is 368 g/mol. The second-order valence-electron chi connectivity index (χ2n) is 4.79. The van der Waals surface area contributed by atoms with Gasteiger partial charge in [0, 0.05) is 15.1 Å². The standard InChI is InChI=1S/C16H14BrClO3/c1-9-3-4-11(14(18)5-9)8-21-15-10(2)6-12(17)7-13(15)16(19)20/h3-7H,8H2,1-2H3,(H,19,20). The van der Waals surface area contributed by atoms with Gasteiger partial charge in [0.15, 0.2) is 0 Å². The lowest BCUT2D eigenvalue weighted by atomic mass is 10.1. The predicted octanol–water partition coefficient (Wildman–Crippen LogP) is 5.00. The summed E-state index contributed by atoms with van der Waals surface area (Å²) in [6, 6.07) is 9.02. The molecule has 0 spiro atoms. The average molecular weight is 370 g/mol. The summed E-state index contributed by atoms with van der Waals surface area (Å²) < 4.78 is 6.41. The van der Waals surface area contributed by atoms with Crippen LogP contribution in [0.1, 0.15) is 27.0 Å². The molecule has 0 heterocycles. The van der Waals surface area contributed by atoms with E-state index in [-0.39, 0.29) is 12.2 Å². The summed E-state index contributed by atoms with van der Waals surface area (Å²) >= 11 is 9.45. The first-order chi connectivity index (χ1) is 9.88. The third-order valence-electron chi connectivity index (χ3n) is 3.05. The van der Waals surface area contributed by atoms with E-state index in [4.69, 9.17) is 16.3 Å².